The summed E-state index contributed by atoms with van der Waals surface area (Å²) in [5.74, 6) is -2.04. The van der Waals surface area contributed by atoms with E-state index in [2.05, 4.69) is 10.6 Å². The zero-order valence-corrected chi connectivity index (χ0v) is 16.6. The molecule has 0 radical (unpaired) electrons. The van der Waals surface area contributed by atoms with E-state index in [1.54, 1.807) is 55.5 Å². The summed E-state index contributed by atoms with van der Waals surface area (Å²) >= 11 is 0. The van der Waals surface area contributed by atoms with Crippen LogP contribution in [0.25, 0.3) is 0 Å². The Bertz CT molecular complexity index is 1060. The number of Topliss-reactive ketones (excluding diaryl/α,β-unsaturated/α-hetero) is 1. The summed E-state index contributed by atoms with van der Waals surface area (Å²) in [6, 6.07) is 18.6. The van der Waals surface area contributed by atoms with Gasteiger partial charge in [0, 0.05) is 16.8 Å². The van der Waals surface area contributed by atoms with Crippen LogP contribution in [0.2, 0.25) is 0 Å². The molecule has 1 atom stereocenters. The standard InChI is InChI=1S/C24H21FN2O3/c1-15-3-5-18(6-4-15)22(28)24(30)26-16(2)17-9-13-21(14-10-17)27-23(29)19-7-11-20(25)12-8-19/h3-14,16H,1-2H3,(H,26,30)(H,27,29). The summed E-state index contributed by atoms with van der Waals surface area (Å²) in [6.07, 6.45) is 0. The van der Waals surface area contributed by atoms with E-state index < -0.39 is 23.5 Å². The first-order chi connectivity index (χ1) is 14.3. The molecular weight excluding hydrogens is 383 g/mol. The lowest BCUT2D eigenvalue weighted by atomic mass is 10.1. The molecule has 0 aliphatic heterocycles. The summed E-state index contributed by atoms with van der Waals surface area (Å²) < 4.78 is 13.0. The third-order valence-electron chi connectivity index (χ3n) is 4.64. The highest BCUT2D eigenvalue weighted by atomic mass is 19.1. The molecule has 0 aliphatic carbocycles. The number of carbonyl (C=O) groups is 3. The minimum Gasteiger partial charge on any atom is -0.343 e. The van der Waals surface area contributed by atoms with Crippen LogP contribution in [0.1, 0.15) is 44.8 Å². The van der Waals surface area contributed by atoms with Gasteiger partial charge in [0.15, 0.2) is 0 Å². The molecule has 152 valence electrons. The first kappa shape index (κ1) is 20.9. The fraction of sp³-hybridized carbons (Fsp3) is 0.125. The number of rotatable bonds is 6. The monoisotopic (exact) mass is 404 g/mol. The highest BCUT2D eigenvalue weighted by Gasteiger charge is 2.19. The average molecular weight is 404 g/mol. The number of amides is 2. The van der Waals surface area contributed by atoms with Crippen molar-refractivity contribution in [3.63, 3.8) is 0 Å². The van der Waals surface area contributed by atoms with Crippen molar-refractivity contribution in [1.29, 1.82) is 0 Å². The second-order valence-electron chi connectivity index (χ2n) is 6.97. The second kappa shape index (κ2) is 9.13. The van der Waals surface area contributed by atoms with E-state index in [1.807, 2.05) is 6.92 Å². The van der Waals surface area contributed by atoms with E-state index in [0.29, 0.717) is 16.8 Å². The van der Waals surface area contributed by atoms with E-state index in [4.69, 9.17) is 0 Å². The van der Waals surface area contributed by atoms with Gasteiger partial charge in [-0.3, -0.25) is 14.4 Å². The van der Waals surface area contributed by atoms with Gasteiger partial charge in [-0.15, -0.1) is 0 Å². The van der Waals surface area contributed by atoms with Crippen LogP contribution in [0.5, 0.6) is 0 Å². The van der Waals surface area contributed by atoms with E-state index in [0.717, 1.165) is 11.1 Å². The zero-order chi connectivity index (χ0) is 21.7. The lowest BCUT2D eigenvalue weighted by Crippen LogP contribution is -2.33. The van der Waals surface area contributed by atoms with E-state index in [1.165, 1.54) is 24.3 Å². The highest BCUT2D eigenvalue weighted by molar-refractivity contribution is 6.42. The Morgan fingerprint density at radius 3 is 1.97 bits per heavy atom. The number of nitrogens with one attached hydrogen (secondary N) is 2. The van der Waals surface area contributed by atoms with Gasteiger partial charge in [0.1, 0.15) is 5.82 Å². The molecule has 0 bridgehead atoms. The third kappa shape index (κ3) is 5.17. The minimum absolute atomic E-state index is 0.337. The quantitative estimate of drug-likeness (QED) is 0.471. The fourth-order valence-corrected chi connectivity index (χ4v) is 2.84. The molecule has 3 aromatic carbocycles. The molecule has 0 aromatic heterocycles. The maximum atomic E-state index is 13.0. The lowest BCUT2D eigenvalue weighted by molar-refractivity contribution is -0.117. The fourth-order valence-electron chi connectivity index (χ4n) is 2.84. The summed E-state index contributed by atoms with van der Waals surface area (Å²) in [5, 5.41) is 5.42. The summed E-state index contributed by atoms with van der Waals surface area (Å²) in [6.45, 7) is 3.68. The second-order valence-corrected chi connectivity index (χ2v) is 6.97. The maximum absolute atomic E-state index is 13.0. The van der Waals surface area contributed by atoms with Crippen molar-refractivity contribution in [3.8, 4) is 0 Å². The smallest absolute Gasteiger partial charge is 0.292 e. The van der Waals surface area contributed by atoms with Crippen LogP contribution in [0.4, 0.5) is 10.1 Å². The van der Waals surface area contributed by atoms with E-state index in [9.17, 15) is 18.8 Å². The average Bonchev–Trinajstić information content (AvgIpc) is 2.74. The van der Waals surface area contributed by atoms with Crippen LogP contribution < -0.4 is 10.6 Å². The van der Waals surface area contributed by atoms with E-state index >= 15 is 0 Å². The van der Waals surface area contributed by atoms with Crippen molar-refractivity contribution >= 4 is 23.3 Å². The number of aryl methyl sites for hydroxylation is 1. The van der Waals surface area contributed by atoms with Crippen molar-refractivity contribution in [2.24, 2.45) is 0 Å². The van der Waals surface area contributed by atoms with Gasteiger partial charge in [-0.05, 0) is 55.8 Å². The third-order valence-corrected chi connectivity index (χ3v) is 4.64. The predicted molar refractivity (Wildman–Crippen MR) is 113 cm³/mol. The van der Waals surface area contributed by atoms with Gasteiger partial charge in [-0.2, -0.15) is 0 Å². The Kier molecular flexibility index (Phi) is 6.37. The summed E-state index contributed by atoms with van der Waals surface area (Å²) in [7, 11) is 0. The van der Waals surface area contributed by atoms with Crippen LogP contribution in [0, 0.1) is 12.7 Å². The number of hydrogen-bond donors (Lipinski definition) is 2. The molecule has 0 saturated heterocycles. The Morgan fingerprint density at radius 2 is 1.37 bits per heavy atom. The van der Waals surface area contributed by atoms with Crippen molar-refractivity contribution in [3.05, 3.63) is 101 Å². The predicted octanol–water partition coefficient (Wildman–Crippen LogP) is 4.45. The molecular formula is C24H21FN2O3. The van der Waals surface area contributed by atoms with Gasteiger partial charge in [0.05, 0.1) is 6.04 Å². The molecule has 0 aliphatic rings. The highest BCUT2D eigenvalue weighted by Crippen LogP contribution is 2.17. The van der Waals surface area contributed by atoms with Crippen LogP contribution in [0.15, 0.2) is 72.8 Å². The van der Waals surface area contributed by atoms with E-state index in [-0.39, 0.29) is 5.91 Å². The molecule has 3 rings (SSSR count). The van der Waals surface area contributed by atoms with Crippen molar-refractivity contribution < 1.29 is 18.8 Å². The zero-order valence-electron chi connectivity index (χ0n) is 16.6. The van der Waals surface area contributed by atoms with Crippen LogP contribution in [0.3, 0.4) is 0 Å². The summed E-state index contributed by atoms with van der Waals surface area (Å²) in [5.41, 5.74) is 3.02. The molecule has 30 heavy (non-hydrogen) atoms. The number of ketones is 1. The number of benzene rings is 3. The number of carbonyl (C=O) groups excluding carboxylic acids is 3. The van der Waals surface area contributed by atoms with Crippen molar-refractivity contribution in [2.75, 3.05) is 5.32 Å². The number of halogens is 1. The topological polar surface area (TPSA) is 75.3 Å². The van der Waals surface area contributed by atoms with Crippen molar-refractivity contribution in [1.82, 2.24) is 5.32 Å². The number of hydrogen-bond acceptors (Lipinski definition) is 3. The first-order valence-corrected chi connectivity index (χ1v) is 9.42. The van der Waals surface area contributed by atoms with Crippen LogP contribution in [-0.4, -0.2) is 17.6 Å². The largest absolute Gasteiger partial charge is 0.343 e. The van der Waals surface area contributed by atoms with Gasteiger partial charge < -0.3 is 10.6 Å². The minimum atomic E-state index is -0.681. The Morgan fingerprint density at radius 1 is 0.800 bits per heavy atom. The molecule has 0 fully saturated rings. The first-order valence-electron chi connectivity index (χ1n) is 9.42. The normalized spacial score (nSPS) is 11.4. The Labute approximate surface area is 173 Å². The van der Waals surface area contributed by atoms with Gasteiger partial charge >= 0.3 is 0 Å². The van der Waals surface area contributed by atoms with Crippen LogP contribution >= 0.6 is 0 Å². The molecule has 6 heteroatoms. The molecule has 2 amide bonds. The summed E-state index contributed by atoms with van der Waals surface area (Å²) in [4.78, 5) is 36.7. The molecule has 2 N–H and O–H groups in total. The lowest BCUT2D eigenvalue weighted by Gasteiger charge is -2.15. The maximum Gasteiger partial charge on any atom is 0.292 e. The van der Waals surface area contributed by atoms with Crippen molar-refractivity contribution in [2.45, 2.75) is 19.9 Å². The van der Waals surface area contributed by atoms with Crippen LogP contribution in [-0.2, 0) is 4.79 Å². The van der Waals surface area contributed by atoms with Gasteiger partial charge in [-0.25, -0.2) is 4.39 Å². The molecule has 5 nitrogen and oxygen atoms in total. The van der Waals surface area contributed by atoms with Gasteiger partial charge in [0.2, 0.25) is 5.78 Å². The van der Waals surface area contributed by atoms with Gasteiger partial charge in [-0.1, -0.05) is 42.0 Å². The van der Waals surface area contributed by atoms with Gasteiger partial charge in [0.25, 0.3) is 11.8 Å². The SMILES string of the molecule is Cc1ccc(C(=O)C(=O)NC(C)c2ccc(NC(=O)c3ccc(F)cc3)cc2)cc1. The Hall–Kier alpha value is -3.80. The molecule has 1 unspecified atom stereocenters. The Balaban J connectivity index is 1.60. The molecule has 0 heterocycles. The molecule has 0 spiro atoms. The molecule has 0 saturated carbocycles. The number of anilines is 1. The molecule has 3 aromatic rings.